The van der Waals surface area contributed by atoms with Gasteiger partial charge in [0.1, 0.15) is 11.6 Å². The molecule has 31 heavy (non-hydrogen) atoms. The fourth-order valence-corrected chi connectivity index (χ4v) is 5.37. The Balaban J connectivity index is 1.30. The normalized spacial score (nSPS) is 15.6. The first-order chi connectivity index (χ1) is 15.0. The highest BCUT2D eigenvalue weighted by molar-refractivity contribution is 7.89. The van der Waals surface area contributed by atoms with Gasteiger partial charge in [0.2, 0.25) is 15.2 Å². The molecule has 4 rings (SSSR count). The Morgan fingerprint density at radius 1 is 1.00 bits per heavy atom. The molecule has 0 unspecified atom stereocenters. The van der Waals surface area contributed by atoms with Crippen LogP contribution >= 0.6 is 11.5 Å². The molecule has 0 saturated carbocycles. The molecule has 9 heteroatoms. The second kappa shape index (κ2) is 9.67. The molecular weight excluding hydrogens is 435 g/mol. The Morgan fingerprint density at radius 3 is 2.42 bits per heavy atom. The molecule has 1 saturated heterocycles. The van der Waals surface area contributed by atoms with Crippen LogP contribution in [0.25, 0.3) is 6.08 Å². The van der Waals surface area contributed by atoms with Crippen molar-refractivity contribution in [2.24, 2.45) is 0 Å². The average Bonchev–Trinajstić information content (AvgIpc) is 3.25. The number of rotatable bonds is 7. The van der Waals surface area contributed by atoms with E-state index in [2.05, 4.69) is 14.3 Å². The van der Waals surface area contributed by atoms with Gasteiger partial charge in [-0.2, -0.15) is 8.68 Å². The lowest BCUT2D eigenvalue weighted by Gasteiger charge is -2.33. The highest BCUT2D eigenvalue weighted by Crippen LogP contribution is 2.21. The Hall–Kier alpha value is -2.62. The quantitative estimate of drug-likeness (QED) is 0.543. The SMILES string of the molecule is O=S(=O)(CC=Cc1ccccc1)N1CCN(c2nc(Cc3ccc(F)cc3)ns2)CC1. The highest BCUT2D eigenvalue weighted by Gasteiger charge is 2.27. The Bertz CT molecular complexity index is 1120. The van der Waals surface area contributed by atoms with Crippen molar-refractivity contribution in [1.29, 1.82) is 0 Å². The molecule has 0 spiro atoms. The molecule has 1 fully saturated rings. The van der Waals surface area contributed by atoms with Gasteiger partial charge in [-0.25, -0.2) is 17.8 Å². The maximum Gasteiger partial charge on any atom is 0.217 e. The molecule has 6 nitrogen and oxygen atoms in total. The molecule has 0 amide bonds. The number of benzene rings is 2. The van der Waals surface area contributed by atoms with Crippen molar-refractivity contribution in [2.75, 3.05) is 36.8 Å². The lowest BCUT2D eigenvalue weighted by molar-refractivity contribution is 0.386. The zero-order valence-corrected chi connectivity index (χ0v) is 18.5. The lowest BCUT2D eigenvalue weighted by Crippen LogP contribution is -2.49. The molecule has 1 aromatic heterocycles. The summed E-state index contributed by atoms with van der Waals surface area (Å²) in [5.41, 5.74) is 1.93. The molecule has 0 aliphatic carbocycles. The summed E-state index contributed by atoms with van der Waals surface area (Å²) in [4.78, 5) is 6.65. The first-order valence-corrected chi connectivity index (χ1v) is 12.4. The molecule has 3 aromatic rings. The van der Waals surface area contributed by atoms with Crippen LogP contribution in [0.5, 0.6) is 0 Å². The molecule has 0 N–H and O–H groups in total. The van der Waals surface area contributed by atoms with Gasteiger partial charge in [-0.15, -0.1) is 0 Å². The molecule has 162 valence electrons. The van der Waals surface area contributed by atoms with E-state index < -0.39 is 10.0 Å². The van der Waals surface area contributed by atoms with Crippen molar-refractivity contribution in [3.05, 3.63) is 83.4 Å². The van der Waals surface area contributed by atoms with Crippen LogP contribution in [0.2, 0.25) is 0 Å². The van der Waals surface area contributed by atoms with Gasteiger partial charge in [0.15, 0.2) is 0 Å². The predicted octanol–water partition coefficient (Wildman–Crippen LogP) is 3.43. The second-order valence-electron chi connectivity index (χ2n) is 7.27. The number of nitrogens with zero attached hydrogens (tertiary/aromatic N) is 4. The number of anilines is 1. The third-order valence-corrected chi connectivity index (χ3v) is 7.63. The fraction of sp³-hybridized carbons (Fsp3) is 0.273. The van der Waals surface area contributed by atoms with Crippen molar-refractivity contribution in [3.8, 4) is 0 Å². The Labute approximate surface area is 185 Å². The van der Waals surface area contributed by atoms with E-state index in [1.165, 1.54) is 23.7 Å². The number of hydrogen-bond donors (Lipinski definition) is 0. The van der Waals surface area contributed by atoms with Gasteiger partial charge in [0.05, 0.1) is 5.75 Å². The van der Waals surface area contributed by atoms with Crippen molar-refractivity contribution >= 4 is 32.8 Å². The van der Waals surface area contributed by atoms with E-state index in [0.717, 1.165) is 16.3 Å². The molecule has 0 atom stereocenters. The van der Waals surface area contributed by atoms with Gasteiger partial charge < -0.3 is 4.90 Å². The van der Waals surface area contributed by atoms with Crippen molar-refractivity contribution in [2.45, 2.75) is 6.42 Å². The number of aromatic nitrogens is 2. The summed E-state index contributed by atoms with van der Waals surface area (Å²) in [7, 11) is -3.34. The zero-order chi connectivity index (χ0) is 21.7. The van der Waals surface area contributed by atoms with E-state index >= 15 is 0 Å². The predicted molar refractivity (Wildman–Crippen MR) is 122 cm³/mol. The largest absolute Gasteiger partial charge is 0.344 e. The highest BCUT2D eigenvalue weighted by atomic mass is 32.2. The van der Waals surface area contributed by atoms with Crippen LogP contribution in [0.1, 0.15) is 17.0 Å². The molecule has 2 aromatic carbocycles. The molecule has 2 heterocycles. The van der Waals surface area contributed by atoms with Crippen LogP contribution in [-0.4, -0.2) is 54.0 Å². The van der Waals surface area contributed by atoms with Crippen LogP contribution in [0, 0.1) is 5.82 Å². The molecule has 0 radical (unpaired) electrons. The summed E-state index contributed by atoms with van der Waals surface area (Å²) in [6.45, 7) is 2.00. The first kappa shape index (κ1) is 21.6. The van der Waals surface area contributed by atoms with Gasteiger partial charge in [-0.05, 0) is 23.3 Å². The molecule has 0 bridgehead atoms. The van der Waals surface area contributed by atoms with E-state index in [1.807, 2.05) is 36.4 Å². The maximum atomic E-state index is 13.0. The molecule has 1 aliphatic heterocycles. The third-order valence-electron chi connectivity index (χ3n) is 5.05. The summed E-state index contributed by atoms with van der Waals surface area (Å²) in [6.07, 6.45) is 4.07. The van der Waals surface area contributed by atoms with Crippen molar-refractivity contribution in [1.82, 2.24) is 13.7 Å². The topological polar surface area (TPSA) is 66.4 Å². The van der Waals surface area contributed by atoms with Crippen molar-refractivity contribution in [3.63, 3.8) is 0 Å². The molecular formula is C22H23FN4O2S2. The minimum Gasteiger partial charge on any atom is -0.344 e. The summed E-state index contributed by atoms with van der Waals surface area (Å²) < 4.78 is 44.3. The van der Waals surface area contributed by atoms with E-state index in [1.54, 1.807) is 22.5 Å². The second-order valence-corrected chi connectivity index (χ2v) is 10.0. The number of piperazine rings is 1. The van der Waals surface area contributed by atoms with Gasteiger partial charge in [0.25, 0.3) is 0 Å². The number of sulfonamides is 1. The molecule has 1 aliphatic rings. The van der Waals surface area contributed by atoms with Gasteiger partial charge in [-0.1, -0.05) is 54.6 Å². The fourth-order valence-electron chi connectivity index (χ4n) is 3.36. The van der Waals surface area contributed by atoms with Crippen LogP contribution in [-0.2, 0) is 16.4 Å². The van der Waals surface area contributed by atoms with E-state index in [0.29, 0.717) is 38.4 Å². The van der Waals surface area contributed by atoms with Gasteiger partial charge in [-0.3, -0.25) is 0 Å². The Morgan fingerprint density at radius 2 is 1.71 bits per heavy atom. The van der Waals surface area contributed by atoms with E-state index in [-0.39, 0.29) is 11.6 Å². The van der Waals surface area contributed by atoms with Crippen LogP contribution < -0.4 is 4.90 Å². The minimum atomic E-state index is -3.34. The summed E-state index contributed by atoms with van der Waals surface area (Å²) in [6, 6.07) is 16.0. The van der Waals surface area contributed by atoms with Gasteiger partial charge >= 0.3 is 0 Å². The third kappa shape index (κ3) is 5.75. The first-order valence-electron chi connectivity index (χ1n) is 10.0. The lowest BCUT2D eigenvalue weighted by atomic mass is 10.1. The standard InChI is InChI=1S/C22H23FN4O2S2/c23-20-10-8-19(9-11-20)17-21-24-22(30-25-21)26-12-14-27(15-13-26)31(28,29)16-4-7-18-5-2-1-3-6-18/h1-11H,12-17H2. The van der Waals surface area contributed by atoms with Crippen LogP contribution in [0.4, 0.5) is 9.52 Å². The Kier molecular flexibility index (Phi) is 6.74. The van der Waals surface area contributed by atoms with E-state index in [4.69, 9.17) is 0 Å². The summed E-state index contributed by atoms with van der Waals surface area (Å²) in [5, 5.41) is 0.790. The van der Waals surface area contributed by atoms with E-state index in [9.17, 15) is 12.8 Å². The number of halogens is 1. The smallest absolute Gasteiger partial charge is 0.217 e. The maximum absolute atomic E-state index is 13.0. The van der Waals surface area contributed by atoms with Crippen molar-refractivity contribution < 1.29 is 12.8 Å². The average molecular weight is 459 g/mol. The summed E-state index contributed by atoms with van der Waals surface area (Å²) in [5.74, 6) is 0.412. The van der Waals surface area contributed by atoms with Crippen LogP contribution in [0.3, 0.4) is 0 Å². The zero-order valence-electron chi connectivity index (χ0n) is 16.9. The monoisotopic (exact) mass is 458 g/mol. The minimum absolute atomic E-state index is 0.0114. The van der Waals surface area contributed by atoms with Crippen LogP contribution in [0.15, 0.2) is 60.7 Å². The van der Waals surface area contributed by atoms with Gasteiger partial charge in [0, 0.05) is 44.1 Å². The summed E-state index contributed by atoms with van der Waals surface area (Å²) >= 11 is 1.31. The number of hydrogen-bond acceptors (Lipinski definition) is 6.